The first-order valence-electron chi connectivity index (χ1n) is 6.96. The Kier molecular flexibility index (Phi) is 3.91. The van der Waals surface area contributed by atoms with Gasteiger partial charge in [0.05, 0.1) is 0 Å². The molecule has 3 heteroatoms. The molecular formula is C15H25N3. The normalized spacial score (nSPS) is 24.4. The number of hydrogen-bond acceptors (Lipinski definition) is 3. The van der Waals surface area contributed by atoms with Gasteiger partial charge in [0.15, 0.2) is 0 Å². The van der Waals surface area contributed by atoms with Crippen LogP contribution in [0.15, 0.2) is 6.07 Å². The van der Waals surface area contributed by atoms with E-state index in [1.54, 1.807) is 0 Å². The van der Waals surface area contributed by atoms with Crippen molar-refractivity contribution >= 4 is 5.82 Å². The molecule has 0 radical (unpaired) electrons. The Labute approximate surface area is 110 Å². The van der Waals surface area contributed by atoms with Crippen LogP contribution in [-0.2, 0) is 6.54 Å². The lowest BCUT2D eigenvalue weighted by Crippen LogP contribution is -2.42. The predicted molar refractivity (Wildman–Crippen MR) is 76.8 cm³/mol. The summed E-state index contributed by atoms with van der Waals surface area (Å²) < 4.78 is 0. The van der Waals surface area contributed by atoms with Gasteiger partial charge in [0.1, 0.15) is 5.82 Å². The maximum atomic E-state index is 5.92. The quantitative estimate of drug-likeness (QED) is 0.874. The average molecular weight is 247 g/mol. The van der Waals surface area contributed by atoms with Gasteiger partial charge in [0.25, 0.3) is 0 Å². The minimum Gasteiger partial charge on any atom is -0.353 e. The Balaban J connectivity index is 2.42. The van der Waals surface area contributed by atoms with Gasteiger partial charge in [-0.3, -0.25) is 0 Å². The van der Waals surface area contributed by atoms with Crippen molar-refractivity contribution in [2.75, 3.05) is 11.4 Å². The molecule has 1 fully saturated rings. The third kappa shape index (κ3) is 2.51. The van der Waals surface area contributed by atoms with Crippen molar-refractivity contribution < 1.29 is 0 Å². The van der Waals surface area contributed by atoms with Gasteiger partial charge in [0.2, 0.25) is 0 Å². The van der Waals surface area contributed by atoms with Crippen LogP contribution in [0, 0.1) is 19.8 Å². The van der Waals surface area contributed by atoms with Crippen LogP contribution >= 0.6 is 0 Å². The average Bonchev–Trinajstić information content (AvgIpc) is 2.31. The van der Waals surface area contributed by atoms with E-state index in [2.05, 4.69) is 38.7 Å². The second-order valence-electron chi connectivity index (χ2n) is 5.77. The molecule has 2 rings (SSSR count). The van der Waals surface area contributed by atoms with Gasteiger partial charge >= 0.3 is 0 Å². The smallest absolute Gasteiger partial charge is 0.133 e. The molecule has 0 bridgehead atoms. The van der Waals surface area contributed by atoms with Crippen LogP contribution in [0.1, 0.15) is 43.5 Å². The van der Waals surface area contributed by atoms with E-state index in [4.69, 9.17) is 10.7 Å². The molecule has 100 valence electrons. The summed E-state index contributed by atoms with van der Waals surface area (Å²) in [6.45, 7) is 10.5. The molecule has 2 heterocycles. The summed E-state index contributed by atoms with van der Waals surface area (Å²) in [7, 11) is 0. The van der Waals surface area contributed by atoms with Gasteiger partial charge in [-0.15, -0.1) is 0 Å². The number of aromatic nitrogens is 1. The van der Waals surface area contributed by atoms with Crippen molar-refractivity contribution in [3.63, 3.8) is 0 Å². The van der Waals surface area contributed by atoms with Crippen molar-refractivity contribution in [3.05, 3.63) is 22.9 Å². The topological polar surface area (TPSA) is 42.1 Å². The summed E-state index contributed by atoms with van der Waals surface area (Å²) in [6, 6.07) is 2.70. The molecule has 1 saturated heterocycles. The number of nitrogens with zero attached hydrogens (tertiary/aromatic N) is 2. The molecule has 1 aliphatic heterocycles. The highest BCUT2D eigenvalue weighted by Gasteiger charge is 2.26. The molecule has 1 aromatic rings. The third-order valence-corrected chi connectivity index (χ3v) is 4.05. The fourth-order valence-electron chi connectivity index (χ4n) is 2.92. The largest absolute Gasteiger partial charge is 0.353 e. The van der Waals surface area contributed by atoms with E-state index in [1.165, 1.54) is 24.0 Å². The fourth-order valence-corrected chi connectivity index (χ4v) is 2.92. The molecule has 1 aromatic heterocycles. The summed E-state index contributed by atoms with van der Waals surface area (Å²) in [6.07, 6.45) is 2.57. The molecular weight excluding hydrogens is 222 g/mol. The number of hydrogen-bond donors (Lipinski definition) is 1. The summed E-state index contributed by atoms with van der Waals surface area (Å²) >= 11 is 0. The first kappa shape index (κ1) is 13.3. The van der Waals surface area contributed by atoms with E-state index in [0.29, 0.717) is 12.6 Å². The van der Waals surface area contributed by atoms with Crippen LogP contribution < -0.4 is 10.6 Å². The summed E-state index contributed by atoms with van der Waals surface area (Å²) in [5.41, 5.74) is 9.49. The molecule has 1 aliphatic rings. The first-order valence-corrected chi connectivity index (χ1v) is 6.96. The lowest BCUT2D eigenvalue weighted by Gasteiger charge is -2.39. The molecule has 18 heavy (non-hydrogen) atoms. The Morgan fingerprint density at radius 1 is 1.33 bits per heavy atom. The Morgan fingerprint density at radius 2 is 2.06 bits per heavy atom. The van der Waals surface area contributed by atoms with Crippen molar-refractivity contribution in [1.82, 2.24) is 4.98 Å². The highest BCUT2D eigenvalue weighted by Crippen LogP contribution is 2.30. The maximum absolute atomic E-state index is 5.92. The van der Waals surface area contributed by atoms with Crippen molar-refractivity contribution in [2.24, 2.45) is 11.7 Å². The maximum Gasteiger partial charge on any atom is 0.133 e. The van der Waals surface area contributed by atoms with Gasteiger partial charge in [-0.05, 0) is 51.2 Å². The van der Waals surface area contributed by atoms with Crippen LogP contribution in [0.2, 0.25) is 0 Å². The SMILES string of the molecule is Cc1cc(C)c(CN)c(N2CC(C)CCC2C)n1. The standard InChI is InChI=1S/C15H25N3/c1-10-5-6-13(4)18(9-10)15-14(8-16)11(2)7-12(3)17-15/h7,10,13H,5-6,8-9,16H2,1-4H3. The van der Waals surface area contributed by atoms with Crippen molar-refractivity contribution in [1.29, 1.82) is 0 Å². The summed E-state index contributed by atoms with van der Waals surface area (Å²) in [5.74, 6) is 1.86. The Morgan fingerprint density at radius 3 is 2.72 bits per heavy atom. The van der Waals surface area contributed by atoms with Crippen LogP contribution in [0.4, 0.5) is 5.82 Å². The Hall–Kier alpha value is -1.09. The lowest BCUT2D eigenvalue weighted by molar-refractivity contribution is 0.387. The van der Waals surface area contributed by atoms with E-state index in [1.807, 2.05) is 0 Å². The minimum absolute atomic E-state index is 0.570. The van der Waals surface area contributed by atoms with E-state index in [-0.39, 0.29) is 0 Å². The van der Waals surface area contributed by atoms with Crippen molar-refractivity contribution in [3.8, 4) is 0 Å². The highest BCUT2D eigenvalue weighted by atomic mass is 15.2. The van der Waals surface area contributed by atoms with Crippen LogP contribution in [0.5, 0.6) is 0 Å². The second kappa shape index (κ2) is 5.27. The molecule has 0 amide bonds. The fraction of sp³-hybridized carbons (Fsp3) is 0.667. The van der Waals surface area contributed by atoms with Crippen LogP contribution in [0.25, 0.3) is 0 Å². The zero-order valence-electron chi connectivity index (χ0n) is 12.0. The van der Waals surface area contributed by atoms with Gasteiger partial charge in [-0.2, -0.15) is 0 Å². The number of piperidine rings is 1. The van der Waals surface area contributed by atoms with E-state index in [9.17, 15) is 0 Å². The molecule has 2 N–H and O–H groups in total. The highest BCUT2D eigenvalue weighted by molar-refractivity contribution is 5.52. The Bertz CT molecular complexity index is 428. The number of pyridine rings is 1. The number of rotatable bonds is 2. The first-order chi connectivity index (χ1) is 8.52. The minimum atomic E-state index is 0.570. The molecule has 0 aliphatic carbocycles. The van der Waals surface area contributed by atoms with Gasteiger partial charge in [-0.1, -0.05) is 6.92 Å². The molecule has 3 nitrogen and oxygen atoms in total. The molecule has 0 spiro atoms. The number of nitrogens with two attached hydrogens (primary N) is 1. The zero-order chi connectivity index (χ0) is 13.3. The van der Waals surface area contributed by atoms with E-state index >= 15 is 0 Å². The monoisotopic (exact) mass is 247 g/mol. The van der Waals surface area contributed by atoms with Gasteiger partial charge in [-0.25, -0.2) is 4.98 Å². The van der Waals surface area contributed by atoms with E-state index in [0.717, 1.165) is 24.0 Å². The molecule has 2 unspecified atom stereocenters. The lowest BCUT2D eigenvalue weighted by atomic mass is 9.94. The van der Waals surface area contributed by atoms with E-state index < -0.39 is 0 Å². The van der Waals surface area contributed by atoms with Crippen LogP contribution in [0.3, 0.4) is 0 Å². The molecule has 0 aromatic carbocycles. The summed E-state index contributed by atoms with van der Waals surface area (Å²) in [4.78, 5) is 7.21. The van der Waals surface area contributed by atoms with Crippen molar-refractivity contribution in [2.45, 2.75) is 53.1 Å². The number of aryl methyl sites for hydroxylation is 2. The van der Waals surface area contributed by atoms with Gasteiger partial charge < -0.3 is 10.6 Å². The van der Waals surface area contributed by atoms with Gasteiger partial charge in [0, 0.05) is 30.4 Å². The zero-order valence-corrected chi connectivity index (χ0v) is 12.0. The third-order valence-electron chi connectivity index (χ3n) is 4.05. The number of anilines is 1. The van der Waals surface area contributed by atoms with Crippen LogP contribution in [-0.4, -0.2) is 17.6 Å². The summed E-state index contributed by atoms with van der Waals surface area (Å²) in [5, 5.41) is 0. The molecule has 2 atom stereocenters. The molecule has 0 saturated carbocycles. The second-order valence-corrected chi connectivity index (χ2v) is 5.77. The predicted octanol–water partition coefficient (Wildman–Crippen LogP) is 2.78.